The number of rotatable bonds is 5. The first-order chi connectivity index (χ1) is 11.8. The average molecular weight is 316 g/mol. The highest BCUT2D eigenvalue weighted by Gasteiger charge is 2.08. The Balaban J connectivity index is 2.15. The quantitative estimate of drug-likeness (QED) is 0.595. The Kier molecular flexibility index (Phi) is 4.97. The molecule has 0 spiro atoms. The van der Waals surface area contributed by atoms with Crippen molar-refractivity contribution in [3.63, 3.8) is 0 Å². The highest BCUT2D eigenvalue weighted by Crippen LogP contribution is 2.30. The first kappa shape index (κ1) is 15.9. The second-order valence-corrected chi connectivity index (χ2v) is 5.43. The van der Waals surface area contributed by atoms with Gasteiger partial charge in [0.1, 0.15) is 11.5 Å². The molecule has 0 radical (unpaired) electrons. The molecule has 0 aliphatic heterocycles. The van der Waals surface area contributed by atoms with Crippen molar-refractivity contribution in [2.24, 2.45) is 0 Å². The maximum atomic E-state index is 5.38. The zero-order valence-electron chi connectivity index (χ0n) is 13.9. The lowest BCUT2D eigenvalue weighted by Crippen LogP contribution is -1.92. The van der Waals surface area contributed by atoms with Crippen LogP contribution in [0.25, 0.3) is 11.6 Å². The van der Waals surface area contributed by atoms with Gasteiger partial charge < -0.3 is 9.47 Å². The van der Waals surface area contributed by atoms with Crippen LogP contribution in [-0.4, -0.2) is 14.2 Å². The van der Waals surface area contributed by atoms with Gasteiger partial charge in [-0.15, -0.1) is 0 Å². The molecule has 0 saturated carbocycles. The van der Waals surface area contributed by atoms with E-state index in [1.54, 1.807) is 14.2 Å². The highest BCUT2D eigenvalue weighted by atomic mass is 16.5. The van der Waals surface area contributed by atoms with E-state index < -0.39 is 0 Å². The van der Waals surface area contributed by atoms with E-state index >= 15 is 0 Å². The van der Waals surface area contributed by atoms with E-state index in [-0.39, 0.29) is 0 Å². The SMILES string of the molecule is COc1cccc(C(=Cc2ccccc2)c2cccc(OC)c2)c1. The van der Waals surface area contributed by atoms with E-state index in [1.165, 1.54) is 0 Å². The molecule has 3 aromatic carbocycles. The van der Waals surface area contributed by atoms with Crippen LogP contribution in [-0.2, 0) is 0 Å². The minimum absolute atomic E-state index is 0.842. The summed E-state index contributed by atoms with van der Waals surface area (Å²) in [5, 5.41) is 0. The number of benzene rings is 3. The van der Waals surface area contributed by atoms with Gasteiger partial charge in [-0.2, -0.15) is 0 Å². The van der Waals surface area contributed by atoms with Crippen LogP contribution in [0, 0.1) is 0 Å². The molecule has 0 atom stereocenters. The Morgan fingerprint density at radius 1 is 0.667 bits per heavy atom. The molecule has 2 heteroatoms. The van der Waals surface area contributed by atoms with Crippen molar-refractivity contribution in [2.45, 2.75) is 0 Å². The third-order valence-electron chi connectivity index (χ3n) is 3.87. The summed E-state index contributed by atoms with van der Waals surface area (Å²) >= 11 is 0. The molecule has 0 aliphatic carbocycles. The number of methoxy groups -OCH3 is 2. The predicted octanol–water partition coefficient (Wildman–Crippen LogP) is 5.29. The smallest absolute Gasteiger partial charge is 0.119 e. The van der Waals surface area contributed by atoms with Crippen molar-refractivity contribution in [1.82, 2.24) is 0 Å². The second-order valence-electron chi connectivity index (χ2n) is 5.43. The molecule has 0 unspecified atom stereocenters. The first-order valence-corrected chi connectivity index (χ1v) is 7.86. The number of hydrogen-bond donors (Lipinski definition) is 0. The summed E-state index contributed by atoms with van der Waals surface area (Å²) in [6.07, 6.45) is 2.18. The van der Waals surface area contributed by atoms with Crippen LogP contribution in [0.4, 0.5) is 0 Å². The Morgan fingerprint density at radius 3 is 1.71 bits per heavy atom. The summed E-state index contributed by atoms with van der Waals surface area (Å²) in [6, 6.07) is 26.5. The first-order valence-electron chi connectivity index (χ1n) is 7.86. The van der Waals surface area contributed by atoms with E-state index in [1.807, 2.05) is 54.6 Å². The van der Waals surface area contributed by atoms with Gasteiger partial charge in [0.2, 0.25) is 0 Å². The Morgan fingerprint density at radius 2 is 1.21 bits per heavy atom. The lowest BCUT2D eigenvalue weighted by Gasteiger charge is -2.12. The van der Waals surface area contributed by atoms with Crippen LogP contribution < -0.4 is 9.47 Å². The van der Waals surface area contributed by atoms with Gasteiger partial charge in [-0.25, -0.2) is 0 Å². The van der Waals surface area contributed by atoms with Crippen LogP contribution in [0.1, 0.15) is 16.7 Å². The fourth-order valence-corrected chi connectivity index (χ4v) is 2.63. The Labute approximate surface area is 143 Å². The number of hydrogen-bond acceptors (Lipinski definition) is 2. The van der Waals surface area contributed by atoms with Crippen LogP contribution in [0.3, 0.4) is 0 Å². The highest BCUT2D eigenvalue weighted by molar-refractivity contribution is 5.92. The second kappa shape index (κ2) is 7.51. The van der Waals surface area contributed by atoms with E-state index in [0.29, 0.717) is 0 Å². The molecule has 0 bridgehead atoms. The zero-order valence-corrected chi connectivity index (χ0v) is 13.9. The van der Waals surface area contributed by atoms with E-state index in [2.05, 4.69) is 30.3 Å². The van der Waals surface area contributed by atoms with Gasteiger partial charge in [0.25, 0.3) is 0 Å². The molecule has 24 heavy (non-hydrogen) atoms. The van der Waals surface area contributed by atoms with Crippen molar-refractivity contribution in [2.75, 3.05) is 14.2 Å². The molecule has 3 rings (SSSR count). The lowest BCUT2D eigenvalue weighted by molar-refractivity contribution is 0.414. The summed E-state index contributed by atoms with van der Waals surface area (Å²) in [5.74, 6) is 1.68. The monoisotopic (exact) mass is 316 g/mol. The van der Waals surface area contributed by atoms with Crippen molar-refractivity contribution >= 4 is 11.6 Å². The van der Waals surface area contributed by atoms with E-state index in [0.717, 1.165) is 33.8 Å². The minimum Gasteiger partial charge on any atom is -0.497 e. The average Bonchev–Trinajstić information content (AvgIpc) is 2.67. The van der Waals surface area contributed by atoms with Gasteiger partial charge in [0.05, 0.1) is 14.2 Å². The third-order valence-corrected chi connectivity index (χ3v) is 3.87. The zero-order chi connectivity index (χ0) is 16.8. The molecular weight excluding hydrogens is 296 g/mol. The molecule has 2 nitrogen and oxygen atoms in total. The van der Waals surface area contributed by atoms with Crippen LogP contribution in [0.2, 0.25) is 0 Å². The number of ether oxygens (including phenoxy) is 2. The molecule has 3 aromatic rings. The van der Waals surface area contributed by atoms with Crippen LogP contribution in [0.5, 0.6) is 11.5 Å². The van der Waals surface area contributed by atoms with E-state index in [4.69, 9.17) is 9.47 Å². The van der Waals surface area contributed by atoms with Gasteiger partial charge in [-0.1, -0.05) is 54.6 Å². The molecule has 0 fully saturated rings. The molecule has 0 aromatic heterocycles. The topological polar surface area (TPSA) is 18.5 Å². The summed E-state index contributed by atoms with van der Waals surface area (Å²) in [5.41, 5.74) is 4.48. The van der Waals surface area contributed by atoms with Gasteiger partial charge in [0.15, 0.2) is 0 Å². The summed E-state index contributed by atoms with van der Waals surface area (Å²) in [4.78, 5) is 0. The van der Waals surface area contributed by atoms with Crippen LogP contribution in [0.15, 0.2) is 78.9 Å². The largest absolute Gasteiger partial charge is 0.497 e. The van der Waals surface area contributed by atoms with Crippen molar-refractivity contribution in [1.29, 1.82) is 0 Å². The van der Waals surface area contributed by atoms with Gasteiger partial charge >= 0.3 is 0 Å². The maximum absolute atomic E-state index is 5.38. The summed E-state index contributed by atoms with van der Waals surface area (Å²) in [6.45, 7) is 0. The minimum atomic E-state index is 0.842. The van der Waals surface area contributed by atoms with E-state index in [9.17, 15) is 0 Å². The van der Waals surface area contributed by atoms with Gasteiger partial charge in [-0.05, 0) is 52.6 Å². The predicted molar refractivity (Wildman–Crippen MR) is 99.4 cm³/mol. The van der Waals surface area contributed by atoms with Crippen molar-refractivity contribution in [3.8, 4) is 11.5 Å². The molecule has 0 amide bonds. The molecule has 0 N–H and O–H groups in total. The maximum Gasteiger partial charge on any atom is 0.119 e. The van der Waals surface area contributed by atoms with Gasteiger partial charge in [-0.3, -0.25) is 0 Å². The standard InChI is InChI=1S/C22H20O2/c1-23-20-12-6-10-18(15-20)22(14-17-8-4-3-5-9-17)19-11-7-13-21(16-19)24-2/h3-16H,1-2H3. The molecule has 0 saturated heterocycles. The Bertz CT molecular complexity index is 786. The third kappa shape index (κ3) is 3.66. The molecular formula is C22H20O2. The molecule has 120 valence electrons. The molecule has 0 heterocycles. The summed E-state index contributed by atoms with van der Waals surface area (Å²) < 4.78 is 10.8. The van der Waals surface area contributed by atoms with Crippen LogP contribution >= 0.6 is 0 Å². The summed E-state index contributed by atoms with van der Waals surface area (Å²) in [7, 11) is 3.37. The fourth-order valence-electron chi connectivity index (χ4n) is 2.63. The fraction of sp³-hybridized carbons (Fsp3) is 0.0909. The lowest BCUT2D eigenvalue weighted by atomic mass is 9.95. The van der Waals surface area contributed by atoms with Crippen molar-refractivity contribution in [3.05, 3.63) is 95.6 Å². The normalized spacial score (nSPS) is 10.1. The molecule has 0 aliphatic rings. The van der Waals surface area contributed by atoms with Crippen molar-refractivity contribution < 1.29 is 9.47 Å². The Hall–Kier alpha value is -3.00. The van der Waals surface area contributed by atoms with Gasteiger partial charge in [0, 0.05) is 0 Å².